The highest BCUT2D eigenvalue weighted by Crippen LogP contribution is 2.60. The normalized spacial score (nSPS) is 12.9. The van der Waals surface area contributed by atoms with Crippen molar-refractivity contribution in [2.24, 2.45) is 0 Å². The molecule has 0 radical (unpaired) electrons. The maximum absolute atomic E-state index is 13.4. The molecule has 2 rings (SSSR count). The fourth-order valence-electron chi connectivity index (χ4n) is 2.16. The maximum atomic E-state index is 13.4. The molecule has 0 fully saturated rings. The lowest BCUT2D eigenvalue weighted by Crippen LogP contribution is -2.08. The molecule has 0 amide bonds. The summed E-state index contributed by atoms with van der Waals surface area (Å²) in [5, 5.41) is 0. The van der Waals surface area contributed by atoms with Gasteiger partial charge in [-0.3, -0.25) is 0 Å². The number of para-hydroxylation sites is 1. The Labute approximate surface area is 164 Å². The summed E-state index contributed by atoms with van der Waals surface area (Å²) in [6, 6.07) is 13.9. The molecule has 0 aliphatic carbocycles. The SMILES string of the molecule is CCCCS[P@](=O)(Oc1ccc(C)cc1)Oc1ccccc1C(=O)OCC. The second-order valence-electron chi connectivity index (χ2n) is 5.85. The van der Waals surface area contributed by atoms with E-state index in [4.69, 9.17) is 13.8 Å². The minimum atomic E-state index is -3.58. The standard InChI is InChI=1S/C20H25O5PS/c1-4-6-15-27-26(22,24-17-13-11-16(3)12-14-17)25-19-10-8-7-9-18(19)20(21)23-5-2/h7-14H,4-6,15H2,1-3H3/t26-/m1/s1. The lowest BCUT2D eigenvalue weighted by molar-refractivity contribution is 0.0524. The van der Waals surface area contributed by atoms with E-state index in [0.29, 0.717) is 11.5 Å². The van der Waals surface area contributed by atoms with Crippen molar-refractivity contribution >= 4 is 24.1 Å². The van der Waals surface area contributed by atoms with Gasteiger partial charge in [0.2, 0.25) is 0 Å². The van der Waals surface area contributed by atoms with Crippen LogP contribution in [0.15, 0.2) is 48.5 Å². The quantitative estimate of drug-likeness (QED) is 0.262. The summed E-state index contributed by atoms with van der Waals surface area (Å²) < 4.78 is 30.0. The first-order valence-corrected chi connectivity index (χ1v) is 12.1. The topological polar surface area (TPSA) is 61.8 Å². The molecule has 0 aliphatic heterocycles. The Bertz CT molecular complexity index is 791. The molecule has 0 saturated heterocycles. The maximum Gasteiger partial charge on any atom is 0.492 e. The van der Waals surface area contributed by atoms with Gasteiger partial charge >= 0.3 is 12.8 Å². The average Bonchev–Trinajstić information content (AvgIpc) is 2.64. The minimum Gasteiger partial charge on any atom is -0.462 e. The molecule has 1 atom stereocenters. The van der Waals surface area contributed by atoms with Crippen LogP contribution in [-0.2, 0) is 9.30 Å². The third-order valence-corrected chi connectivity index (χ3v) is 7.16. The molecule has 5 nitrogen and oxygen atoms in total. The molecule has 0 unspecified atom stereocenters. The van der Waals surface area contributed by atoms with E-state index in [9.17, 15) is 9.36 Å². The third kappa shape index (κ3) is 6.64. The van der Waals surface area contributed by atoms with E-state index in [0.717, 1.165) is 29.8 Å². The zero-order valence-corrected chi connectivity index (χ0v) is 17.6. The number of carbonyl (C=O) groups excluding carboxylic acids is 1. The zero-order valence-electron chi connectivity index (χ0n) is 15.8. The summed E-state index contributed by atoms with van der Waals surface area (Å²) >= 11 is 1.14. The van der Waals surface area contributed by atoms with Gasteiger partial charge in [0.25, 0.3) is 0 Å². The molecular formula is C20H25O5PS. The Morgan fingerprint density at radius 3 is 2.41 bits per heavy atom. The van der Waals surface area contributed by atoms with Gasteiger partial charge in [-0.2, -0.15) is 0 Å². The molecule has 0 saturated carbocycles. The number of aryl methyl sites for hydroxylation is 1. The van der Waals surface area contributed by atoms with Gasteiger partial charge in [-0.25, -0.2) is 9.36 Å². The zero-order chi connectivity index (χ0) is 19.7. The van der Waals surface area contributed by atoms with Crippen molar-refractivity contribution in [3.63, 3.8) is 0 Å². The highest BCUT2D eigenvalue weighted by atomic mass is 32.7. The molecule has 7 heteroatoms. The number of carbonyl (C=O) groups is 1. The Morgan fingerprint density at radius 1 is 1.04 bits per heavy atom. The monoisotopic (exact) mass is 408 g/mol. The van der Waals surface area contributed by atoms with Crippen LogP contribution in [-0.4, -0.2) is 18.3 Å². The number of unbranched alkanes of at least 4 members (excludes halogenated alkanes) is 1. The molecular weight excluding hydrogens is 383 g/mol. The number of hydrogen-bond donors (Lipinski definition) is 0. The number of esters is 1. The first-order valence-electron chi connectivity index (χ1n) is 8.94. The lowest BCUT2D eigenvalue weighted by Gasteiger charge is -2.20. The smallest absolute Gasteiger partial charge is 0.462 e. The number of rotatable bonds is 10. The Balaban J connectivity index is 2.27. The second-order valence-corrected chi connectivity index (χ2v) is 9.89. The number of ether oxygens (including phenoxy) is 1. The average molecular weight is 408 g/mol. The van der Waals surface area contributed by atoms with Crippen LogP contribution in [0.5, 0.6) is 11.5 Å². The summed E-state index contributed by atoms with van der Waals surface area (Å²) in [4.78, 5) is 12.2. The predicted molar refractivity (Wildman–Crippen MR) is 110 cm³/mol. The van der Waals surface area contributed by atoms with E-state index in [2.05, 4.69) is 6.92 Å². The van der Waals surface area contributed by atoms with Crippen LogP contribution in [0.3, 0.4) is 0 Å². The van der Waals surface area contributed by atoms with Crippen LogP contribution in [0.1, 0.15) is 42.6 Å². The van der Waals surface area contributed by atoms with Gasteiger partial charge < -0.3 is 13.8 Å². The highest BCUT2D eigenvalue weighted by molar-refractivity contribution is 8.55. The lowest BCUT2D eigenvalue weighted by atomic mass is 10.2. The Morgan fingerprint density at radius 2 is 1.74 bits per heavy atom. The van der Waals surface area contributed by atoms with E-state index < -0.39 is 12.8 Å². The van der Waals surface area contributed by atoms with Crippen molar-refractivity contribution in [2.75, 3.05) is 12.4 Å². The summed E-state index contributed by atoms with van der Waals surface area (Å²) in [7, 11) is 0. The Kier molecular flexibility index (Phi) is 8.26. The first-order chi connectivity index (χ1) is 13.0. The second kappa shape index (κ2) is 10.4. The molecule has 2 aromatic rings. The molecule has 0 spiro atoms. The van der Waals surface area contributed by atoms with Crippen LogP contribution < -0.4 is 9.05 Å². The molecule has 0 bridgehead atoms. The third-order valence-electron chi connectivity index (χ3n) is 3.58. The van der Waals surface area contributed by atoms with Gasteiger partial charge in [-0.15, -0.1) is 0 Å². The molecule has 0 aliphatic rings. The highest BCUT2D eigenvalue weighted by Gasteiger charge is 2.31. The van der Waals surface area contributed by atoms with Crippen molar-refractivity contribution in [1.82, 2.24) is 0 Å². The van der Waals surface area contributed by atoms with E-state index in [1.165, 1.54) is 0 Å². The van der Waals surface area contributed by atoms with Crippen molar-refractivity contribution in [3.05, 3.63) is 59.7 Å². The summed E-state index contributed by atoms with van der Waals surface area (Å²) in [6.07, 6.45) is 1.85. The van der Waals surface area contributed by atoms with E-state index in [1.54, 1.807) is 43.3 Å². The van der Waals surface area contributed by atoms with Crippen LogP contribution in [0, 0.1) is 6.92 Å². The van der Waals surface area contributed by atoms with Gasteiger partial charge in [-0.05, 0) is 55.9 Å². The number of benzene rings is 2. The van der Waals surface area contributed by atoms with Gasteiger partial charge in [0, 0.05) is 5.75 Å². The van der Waals surface area contributed by atoms with E-state index >= 15 is 0 Å². The van der Waals surface area contributed by atoms with Crippen molar-refractivity contribution < 1.29 is 23.1 Å². The Hall–Kier alpha value is -1.91. The van der Waals surface area contributed by atoms with Crippen LogP contribution >= 0.6 is 18.2 Å². The summed E-state index contributed by atoms with van der Waals surface area (Å²) in [5.41, 5.74) is 1.30. The largest absolute Gasteiger partial charge is 0.492 e. The van der Waals surface area contributed by atoms with E-state index in [1.807, 2.05) is 19.1 Å². The van der Waals surface area contributed by atoms with Crippen molar-refractivity contribution in [2.45, 2.75) is 33.6 Å². The first kappa shape index (κ1) is 21.4. The fourth-order valence-corrected chi connectivity index (χ4v) is 5.60. The molecule has 0 N–H and O–H groups in total. The summed E-state index contributed by atoms with van der Waals surface area (Å²) in [5.74, 6) is 0.756. The van der Waals surface area contributed by atoms with Crippen LogP contribution in [0.25, 0.3) is 0 Å². The predicted octanol–water partition coefficient (Wildman–Crippen LogP) is 6.27. The van der Waals surface area contributed by atoms with Gasteiger partial charge in [0.15, 0.2) is 0 Å². The van der Waals surface area contributed by atoms with Crippen LogP contribution in [0.4, 0.5) is 0 Å². The molecule has 146 valence electrons. The molecule has 0 aromatic heterocycles. The molecule has 27 heavy (non-hydrogen) atoms. The summed E-state index contributed by atoms with van der Waals surface area (Å²) in [6.45, 7) is 2.41. The van der Waals surface area contributed by atoms with Crippen LogP contribution in [0.2, 0.25) is 0 Å². The van der Waals surface area contributed by atoms with Gasteiger partial charge in [0.1, 0.15) is 17.1 Å². The molecule has 0 heterocycles. The van der Waals surface area contributed by atoms with Crippen molar-refractivity contribution in [1.29, 1.82) is 0 Å². The van der Waals surface area contributed by atoms with E-state index in [-0.39, 0.29) is 17.9 Å². The fraction of sp³-hybridized carbons (Fsp3) is 0.350. The van der Waals surface area contributed by atoms with Crippen molar-refractivity contribution in [3.8, 4) is 11.5 Å². The van der Waals surface area contributed by atoms with Gasteiger partial charge in [-0.1, -0.05) is 43.2 Å². The number of hydrogen-bond acceptors (Lipinski definition) is 6. The molecule has 2 aromatic carbocycles. The minimum absolute atomic E-state index is 0.190. The van der Waals surface area contributed by atoms with Gasteiger partial charge in [0.05, 0.1) is 6.61 Å².